The van der Waals surface area contributed by atoms with Gasteiger partial charge in [-0.25, -0.2) is 4.79 Å². The molecule has 0 fully saturated rings. The number of rotatable bonds is 3. The molecule has 0 saturated heterocycles. The van der Waals surface area contributed by atoms with E-state index in [4.69, 9.17) is 23.2 Å². The Morgan fingerprint density at radius 1 is 1.13 bits per heavy atom. The topological polar surface area (TPSA) is 91.5 Å². The number of halogens is 5. The van der Waals surface area contributed by atoms with Gasteiger partial charge in [0.2, 0.25) is 0 Å². The predicted molar refractivity (Wildman–Crippen MR) is 104 cm³/mol. The molecule has 0 aliphatic heterocycles. The van der Waals surface area contributed by atoms with E-state index in [1.807, 2.05) is 11.1 Å². The first kappa shape index (κ1) is 21.6. The third-order valence-corrected chi connectivity index (χ3v) is 5.26. The summed E-state index contributed by atoms with van der Waals surface area (Å²) in [5, 5.41) is 13.0. The first-order valence-corrected chi connectivity index (χ1v) is 9.01. The third kappa shape index (κ3) is 3.72. The van der Waals surface area contributed by atoms with Gasteiger partial charge in [0.25, 0.3) is 5.56 Å². The van der Waals surface area contributed by atoms with E-state index in [0.717, 1.165) is 23.0 Å². The first-order chi connectivity index (χ1) is 14.0. The Kier molecular flexibility index (Phi) is 5.50. The number of H-pyrrole nitrogens is 1. The van der Waals surface area contributed by atoms with Crippen LogP contribution in [-0.2, 0) is 11.6 Å². The van der Waals surface area contributed by atoms with Gasteiger partial charge < -0.3 is 0 Å². The minimum absolute atomic E-state index is 0.00236. The van der Waals surface area contributed by atoms with Gasteiger partial charge in [0.1, 0.15) is 11.6 Å². The lowest BCUT2D eigenvalue weighted by atomic mass is 9.77. The molecular formula is C19H11Cl2F3N4O2. The fourth-order valence-corrected chi connectivity index (χ4v) is 3.55. The van der Waals surface area contributed by atoms with Crippen molar-refractivity contribution in [2.75, 3.05) is 0 Å². The molecule has 0 radical (unpaired) electrons. The van der Waals surface area contributed by atoms with Crippen LogP contribution in [0.15, 0.2) is 52.2 Å². The van der Waals surface area contributed by atoms with Crippen LogP contribution in [0, 0.1) is 11.3 Å². The van der Waals surface area contributed by atoms with Crippen molar-refractivity contribution in [3.05, 3.63) is 90.2 Å². The smallest absolute Gasteiger partial charge is 0.271 e. The van der Waals surface area contributed by atoms with Crippen LogP contribution in [0.5, 0.6) is 0 Å². The average Bonchev–Trinajstić information content (AvgIpc) is 2.67. The van der Waals surface area contributed by atoms with Crippen LogP contribution in [0.25, 0.3) is 5.69 Å². The number of nitriles is 1. The van der Waals surface area contributed by atoms with Gasteiger partial charge in [0, 0.05) is 0 Å². The van der Waals surface area contributed by atoms with Crippen LogP contribution >= 0.6 is 23.2 Å². The molecule has 1 aromatic heterocycles. The summed E-state index contributed by atoms with van der Waals surface area (Å²) in [6, 6.07) is 9.47. The quantitative estimate of drug-likeness (QED) is 0.645. The molecule has 0 saturated carbocycles. The van der Waals surface area contributed by atoms with Gasteiger partial charge in [-0.3, -0.25) is 9.78 Å². The lowest BCUT2D eigenvalue weighted by Crippen LogP contribution is -2.31. The third-order valence-electron chi connectivity index (χ3n) is 4.53. The van der Waals surface area contributed by atoms with E-state index in [0.29, 0.717) is 0 Å². The number of aromatic nitrogens is 3. The van der Waals surface area contributed by atoms with Crippen LogP contribution in [0.2, 0.25) is 10.0 Å². The molecule has 3 aromatic rings. The highest BCUT2D eigenvalue weighted by Gasteiger charge is 2.38. The van der Waals surface area contributed by atoms with E-state index in [1.54, 1.807) is 0 Å². The Morgan fingerprint density at radius 2 is 1.83 bits per heavy atom. The highest BCUT2D eigenvalue weighted by Crippen LogP contribution is 2.42. The van der Waals surface area contributed by atoms with E-state index in [1.165, 1.54) is 31.2 Å². The zero-order valence-electron chi connectivity index (χ0n) is 15.1. The molecule has 30 heavy (non-hydrogen) atoms. The van der Waals surface area contributed by atoms with Crippen LogP contribution in [0.1, 0.15) is 23.6 Å². The minimum Gasteiger partial charge on any atom is -0.271 e. The number of nitrogens with one attached hydrogen (secondary N) is 1. The number of benzene rings is 2. The minimum atomic E-state index is -4.72. The SMILES string of the molecule is CC(C#N)(c1ccc(Cl)c(C(F)(F)F)c1)c1cccc(-n2ncc(=O)[nH]c2=O)c1Cl. The number of alkyl halides is 3. The molecule has 1 heterocycles. The van der Waals surface area contributed by atoms with E-state index >= 15 is 0 Å². The molecule has 6 nitrogen and oxygen atoms in total. The molecule has 1 atom stereocenters. The van der Waals surface area contributed by atoms with Gasteiger partial charge in [0.05, 0.1) is 27.4 Å². The standard InChI is InChI=1S/C19H11Cl2F3N4O2/c1-18(9-25,10-5-6-13(20)12(7-10)19(22,23)24)11-3-2-4-14(16(11)21)28-17(30)27-15(29)8-26-28/h2-8H,1H3,(H,27,29,30). The van der Waals surface area contributed by atoms with Gasteiger partial charge in [-0.15, -0.1) is 0 Å². The van der Waals surface area contributed by atoms with Crippen LogP contribution in [-0.4, -0.2) is 14.8 Å². The second-order valence-corrected chi connectivity index (χ2v) is 7.20. The normalized spacial score (nSPS) is 13.5. The molecule has 1 N–H and O–H groups in total. The van der Waals surface area contributed by atoms with Crippen molar-refractivity contribution >= 4 is 23.2 Å². The fourth-order valence-electron chi connectivity index (χ4n) is 2.93. The summed E-state index contributed by atoms with van der Waals surface area (Å²) in [6.07, 6.45) is -3.86. The number of hydrogen-bond donors (Lipinski definition) is 1. The van der Waals surface area contributed by atoms with E-state index in [9.17, 15) is 28.0 Å². The molecule has 1 unspecified atom stereocenters. The zero-order chi connectivity index (χ0) is 22.3. The maximum absolute atomic E-state index is 13.3. The van der Waals surface area contributed by atoms with Crippen molar-refractivity contribution in [2.24, 2.45) is 0 Å². The van der Waals surface area contributed by atoms with Gasteiger partial charge in [-0.1, -0.05) is 41.4 Å². The van der Waals surface area contributed by atoms with Crippen LogP contribution in [0.4, 0.5) is 13.2 Å². The second-order valence-electron chi connectivity index (χ2n) is 6.42. The Labute approximate surface area is 177 Å². The monoisotopic (exact) mass is 454 g/mol. The molecule has 2 aromatic carbocycles. The molecule has 154 valence electrons. The van der Waals surface area contributed by atoms with Crippen molar-refractivity contribution in [3.8, 4) is 11.8 Å². The van der Waals surface area contributed by atoms with Crippen molar-refractivity contribution in [1.29, 1.82) is 5.26 Å². The predicted octanol–water partition coefficient (Wildman–Crippen LogP) is 4.08. The Morgan fingerprint density at radius 3 is 2.43 bits per heavy atom. The lowest BCUT2D eigenvalue weighted by molar-refractivity contribution is -0.137. The van der Waals surface area contributed by atoms with Crippen molar-refractivity contribution in [3.63, 3.8) is 0 Å². The highest BCUT2D eigenvalue weighted by atomic mass is 35.5. The van der Waals surface area contributed by atoms with Gasteiger partial charge in [-0.05, 0) is 36.2 Å². The molecule has 0 bridgehead atoms. The summed E-state index contributed by atoms with van der Waals surface area (Å²) in [5.41, 5.74) is -4.11. The maximum atomic E-state index is 13.3. The summed E-state index contributed by atoms with van der Waals surface area (Å²) >= 11 is 12.1. The largest absolute Gasteiger partial charge is 0.417 e. The molecular weight excluding hydrogens is 444 g/mol. The summed E-state index contributed by atoms with van der Waals surface area (Å²) in [4.78, 5) is 25.3. The Bertz CT molecular complexity index is 1290. The zero-order valence-corrected chi connectivity index (χ0v) is 16.6. The Hall–Kier alpha value is -3.09. The van der Waals surface area contributed by atoms with Gasteiger partial charge in [-0.2, -0.15) is 28.2 Å². The molecule has 11 heteroatoms. The highest BCUT2D eigenvalue weighted by molar-refractivity contribution is 6.33. The second kappa shape index (κ2) is 7.63. The fraction of sp³-hybridized carbons (Fsp3) is 0.158. The number of nitrogens with zero attached hydrogens (tertiary/aromatic N) is 3. The summed E-state index contributed by atoms with van der Waals surface area (Å²) in [7, 11) is 0. The summed E-state index contributed by atoms with van der Waals surface area (Å²) < 4.78 is 40.7. The van der Waals surface area contributed by atoms with Gasteiger partial charge >= 0.3 is 11.9 Å². The van der Waals surface area contributed by atoms with E-state index in [-0.39, 0.29) is 21.8 Å². The number of hydrogen-bond acceptors (Lipinski definition) is 4. The van der Waals surface area contributed by atoms with Crippen molar-refractivity contribution in [1.82, 2.24) is 14.8 Å². The molecule has 0 spiro atoms. The molecule has 0 aliphatic rings. The number of aromatic amines is 1. The molecule has 3 rings (SSSR count). The van der Waals surface area contributed by atoms with Crippen LogP contribution < -0.4 is 11.2 Å². The van der Waals surface area contributed by atoms with Crippen molar-refractivity contribution in [2.45, 2.75) is 18.5 Å². The maximum Gasteiger partial charge on any atom is 0.417 e. The molecule has 0 amide bonds. The van der Waals surface area contributed by atoms with E-state index < -0.39 is 33.4 Å². The van der Waals surface area contributed by atoms with E-state index in [2.05, 4.69) is 5.10 Å². The molecule has 0 aliphatic carbocycles. The lowest BCUT2D eigenvalue weighted by Gasteiger charge is -2.26. The van der Waals surface area contributed by atoms with Gasteiger partial charge in [0.15, 0.2) is 0 Å². The average molecular weight is 455 g/mol. The first-order valence-electron chi connectivity index (χ1n) is 8.25. The van der Waals surface area contributed by atoms with Crippen LogP contribution in [0.3, 0.4) is 0 Å². The summed E-state index contributed by atoms with van der Waals surface area (Å²) in [5.74, 6) is 0. The van der Waals surface area contributed by atoms with Crippen molar-refractivity contribution < 1.29 is 13.2 Å². The summed E-state index contributed by atoms with van der Waals surface area (Å²) in [6.45, 7) is 1.39. The Balaban J connectivity index is 2.25.